The van der Waals surface area contributed by atoms with Crippen molar-refractivity contribution in [2.75, 3.05) is 5.73 Å². The second kappa shape index (κ2) is 3.91. The summed E-state index contributed by atoms with van der Waals surface area (Å²) in [7, 11) is 0. The maximum Gasteiger partial charge on any atom is 0.202 e. The van der Waals surface area contributed by atoms with Gasteiger partial charge in [-0.05, 0) is 17.7 Å². The van der Waals surface area contributed by atoms with E-state index in [-0.39, 0.29) is 12.2 Å². The minimum atomic E-state index is -0.0643. The van der Waals surface area contributed by atoms with E-state index in [1.807, 2.05) is 0 Å². The van der Waals surface area contributed by atoms with Gasteiger partial charge in [0.2, 0.25) is 5.78 Å². The van der Waals surface area contributed by atoms with E-state index in [9.17, 15) is 4.79 Å². The Morgan fingerprint density at radius 2 is 2.27 bits per heavy atom. The topological polar surface area (TPSA) is 84.7 Å². The number of rotatable bonds is 3. The molecule has 0 radical (unpaired) electrons. The van der Waals surface area contributed by atoms with Crippen LogP contribution < -0.4 is 5.73 Å². The van der Waals surface area contributed by atoms with Crippen molar-refractivity contribution in [3.63, 3.8) is 0 Å². The molecule has 0 unspecified atom stereocenters. The van der Waals surface area contributed by atoms with Crippen molar-refractivity contribution < 1.29 is 4.79 Å². The number of aromatic nitrogens is 3. The number of hydrogen-bond acceptors (Lipinski definition) is 4. The van der Waals surface area contributed by atoms with Crippen LogP contribution in [0.2, 0.25) is 0 Å². The number of aromatic amines is 1. The van der Waals surface area contributed by atoms with Gasteiger partial charge in [0, 0.05) is 25.0 Å². The van der Waals surface area contributed by atoms with Crippen LogP contribution in [-0.2, 0) is 6.42 Å². The Kier molecular flexibility index (Phi) is 2.45. The number of carbonyl (C=O) groups is 1. The largest absolute Gasteiger partial charge is 0.384 e. The molecule has 15 heavy (non-hydrogen) atoms. The molecule has 0 aromatic carbocycles. The predicted octanol–water partition coefficient (Wildman–Crippen LogP) is 0.812. The summed E-state index contributed by atoms with van der Waals surface area (Å²) in [4.78, 5) is 22.1. The van der Waals surface area contributed by atoms with Crippen LogP contribution in [0.3, 0.4) is 0 Å². The molecule has 0 saturated heterocycles. The molecule has 76 valence electrons. The lowest BCUT2D eigenvalue weighted by Gasteiger charge is -1.99. The third kappa shape index (κ3) is 2.19. The molecule has 5 nitrogen and oxygen atoms in total. The van der Waals surface area contributed by atoms with Crippen LogP contribution in [0.1, 0.15) is 16.2 Å². The molecule has 0 fully saturated rings. The average Bonchev–Trinajstić information content (AvgIpc) is 2.70. The molecular formula is C10H10N4O. The summed E-state index contributed by atoms with van der Waals surface area (Å²) in [5.41, 5.74) is 6.34. The van der Waals surface area contributed by atoms with E-state index < -0.39 is 0 Å². The maximum absolute atomic E-state index is 11.6. The average molecular weight is 202 g/mol. The SMILES string of the molecule is Nc1cc(CC(=O)c2ncc[nH]2)ccn1. The number of H-pyrrole nitrogens is 1. The maximum atomic E-state index is 11.6. The van der Waals surface area contributed by atoms with Crippen molar-refractivity contribution in [2.45, 2.75) is 6.42 Å². The molecule has 2 heterocycles. The Hall–Kier alpha value is -2.17. The molecule has 2 aromatic rings. The van der Waals surface area contributed by atoms with Crippen LogP contribution in [-0.4, -0.2) is 20.7 Å². The Morgan fingerprint density at radius 1 is 1.40 bits per heavy atom. The summed E-state index contributed by atoms with van der Waals surface area (Å²) >= 11 is 0. The lowest BCUT2D eigenvalue weighted by atomic mass is 10.1. The summed E-state index contributed by atoms with van der Waals surface area (Å²) < 4.78 is 0. The van der Waals surface area contributed by atoms with Crippen LogP contribution in [0.25, 0.3) is 0 Å². The van der Waals surface area contributed by atoms with Gasteiger partial charge in [-0.15, -0.1) is 0 Å². The summed E-state index contributed by atoms with van der Waals surface area (Å²) in [6.07, 6.45) is 5.03. The molecule has 3 N–H and O–H groups in total. The number of hydrogen-bond donors (Lipinski definition) is 2. The summed E-state index contributed by atoms with van der Waals surface area (Å²) in [5.74, 6) is 0.718. The number of pyridine rings is 1. The van der Waals surface area contributed by atoms with Gasteiger partial charge >= 0.3 is 0 Å². The smallest absolute Gasteiger partial charge is 0.202 e. The Bertz CT molecular complexity index is 464. The molecule has 0 spiro atoms. The van der Waals surface area contributed by atoms with E-state index in [1.165, 1.54) is 0 Å². The Morgan fingerprint density at radius 3 is 2.93 bits per heavy atom. The van der Waals surface area contributed by atoms with E-state index in [4.69, 9.17) is 5.73 Å². The van der Waals surface area contributed by atoms with Crippen LogP contribution in [0.4, 0.5) is 5.82 Å². The fraction of sp³-hybridized carbons (Fsp3) is 0.100. The highest BCUT2D eigenvalue weighted by Crippen LogP contribution is 2.06. The molecule has 2 rings (SSSR count). The first kappa shape index (κ1) is 9.39. The number of nitrogens with two attached hydrogens (primary N) is 1. The standard InChI is InChI=1S/C10H10N4O/c11-9-6-7(1-2-12-9)5-8(15)10-13-3-4-14-10/h1-4,6H,5H2,(H2,11,12)(H,13,14). The van der Waals surface area contributed by atoms with Gasteiger partial charge < -0.3 is 10.7 Å². The first-order chi connectivity index (χ1) is 7.25. The number of ketones is 1. The van der Waals surface area contributed by atoms with Crippen LogP contribution >= 0.6 is 0 Å². The number of anilines is 1. The van der Waals surface area contributed by atoms with E-state index >= 15 is 0 Å². The third-order valence-electron chi connectivity index (χ3n) is 1.97. The normalized spacial score (nSPS) is 10.1. The van der Waals surface area contributed by atoms with Crippen LogP contribution in [0.5, 0.6) is 0 Å². The lowest BCUT2D eigenvalue weighted by Crippen LogP contribution is -2.06. The van der Waals surface area contributed by atoms with Gasteiger partial charge in [0.15, 0.2) is 5.82 Å². The van der Waals surface area contributed by atoms with Gasteiger partial charge in [0.1, 0.15) is 5.82 Å². The van der Waals surface area contributed by atoms with Crippen molar-refractivity contribution in [2.24, 2.45) is 0 Å². The van der Waals surface area contributed by atoms with Gasteiger partial charge in [-0.3, -0.25) is 4.79 Å². The highest BCUT2D eigenvalue weighted by Gasteiger charge is 2.08. The van der Waals surface area contributed by atoms with Crippen LogP contribution in [0.15, 0.2) is 30.7 Å². The van der Waals surface area contributed by atoms with Gasteiger partial charge in [-0.1, -0.05) is 0 Å². The summed E-state index contributed by atoms with van der Waals surface area (Å²) in [6, 6.07) is 3.44. The zero-order chi connectivity index (χ0) is 10.7. The van der Waals surface area contributed by atoms with E-state index in [2.05, 4.69) is 15.0 Å². The molecule has 0 bridgehead atoms. The van der Waals surface area contributed by atoms with E-state index in [1.54, 1.807) is 30.7 Å². The van der Waals surface area contributed by atoms with Crippen molar-refractivity contribution >= 4 is 11.6 Å². The molecule has 0 saturated carbocycles. The van der Waals surface area contributed by atoms with Crippen molar-refractivity contribution in [3.8, 4) is 0 Å². The highest BCUT2D eigenvalue weighted by molar-refractivity contribution is 5.94. The fourth-order valence-electron chi connectivity index (χ4n) is 1.29. The minimum Gasteiger partial charge on any atom is -0.384 e. The van der Waals surface area contributed by atoms with E-state index in [0.717, 1.165) is 5.56 Å². The number of Topliss-reactive ketones (excluding diaryl/α,β-unsaturated/α-hetero) is 1. The number of nitrogen functional groups attached to an aromatic ring is 1. The molecule has 0 aliphatic heterocycles. The third-order valence-corrected chi connectivity index (χ3v) is 1.97. The first-order valence-corrected chi connectivity index (χ1v) is 4.48. The van der Waals surface area contributed by atoms with Crippen LogP contribution in [0, 0.1) is 0 Å². The monoisotopic (exact) mass is 202 g/mol. The Balaban J connectivity index is 2.13. The minimum absolute atomic E-state index is 0.0643. The zero-order valence-corrected chi connectivity index (χ0v) is 7.97. The number of carbonyl (C=O) groups excluding carboxylic acids is 1. The molecular weight excluding hydrogens is 192 g/mol. The van der Waals surface area contributed by atoms with Gasteiger partial charge in [0.05, 0.1) is 0 Å². The molecule has 0 aliphatic carbocycles. The zero-order valence-electron chi connectivity index (χ0n) is 7.97. The molecule has 0 atom stereocenters. The van der Waals surface area contributed by atoms with Crippen molar-refractivity contribution in [1.82, 2.24) is 15.0 Å². The van der Waals surface area contributed by atoms with Gasteiger partial charge in [0.25, 0.3) is 0 Å². The fourth-order valence-corrected chi connectivity index (χ4v) is 1.29. The predicted molar refractivity (Wildman–Crippen MR) is 55.3 cm³/mol. The molecule has 5 heteroatoms. The highest BCUT2D eigenvalue weighted by atomic mass is 16.1. The Labute approximate surface area is 86.4 Å². The molecule has 0 amide bonds. The van der Waals surface area contributed by atoms with Gasteiger partial charge in [-0.2, -0.15) is 0 Å². The second-order valence-corrected chi connectivity index (χ2v) is 3.13. The van der Waals surface area contributed by atoms with Crippen molar-refractivity contribution in [3.05, 3.63) is 42.1 Å². The van der Waals surface area contributed by atoms with E-state index in [0.29, 0.717) is 11.6 Å². The number of nitrogens with one attached hydrogen (secondary N) is 1. The molecule has 0 aliphatic rings. The van der Waals surface area contributed by atoms with Crippen molar-refractivity contribution in [1.29, 1.82) is 0 Å². The summed E-state index contributed by atoms with van der Waals surface area (Å²) in [5, 5.41) is 0. The number of nitrogens with zero attached hydrogens (tertiary/aromatic N) is 2. The van der Waals surface area contributed by atoms with Gasteiger partial charge in [-0.25, -0.2) is 9.97 Å². The quantitative estimate of drug-likeness (QED) is 0.721. The first-order valence-electron chi connectivity index (χ1n) is 4.48. The number of imidazole rings is 1. The lowest BCUT2D eigenvalue weighted by molar-refractivity contribution is 0.0984. The molecule has 2 aromatic heterocycles. The second-order valence-electron chi connectivity index (χ2n) is 3.13. The summed E-state index contributed by atoms with van der Waals surface area (Å²) in [6.45, 7) is 0.